The predicted molar refractivity (Wildman–Crippen MR) is 72.5 cm³/mol. The Kier molecular flexibility index (Phi) is 6.08. The predicted octanol–water partition coefficient (Wildman–Crippen LogP) is 2.21. The molecule has 1 atom stereocenters. The molecule has 0 aromatic carbocycles. The van der Waals surface area contributed by atoms with Crippen LogP contribution < -0.4 is 10.6 Å². The van der Waals surface area contributed by atoms with Gasteiger partial charge in [0.25, 0.3) is 0 Å². The third-order valence-corrected chi connectivity index (χ3v) is 4.37. The van der Waals surface area contributed by atoms with Crippen LogP contribution in [0.2, 0.25) is 0 Å². The number of unbranched alkanes of at least 4 members (excludes halogenated alkanes) is 1. The Labute approximate surface area is 106 Å². The molecule has 0 radical (unpaired) electrons. The average molecular weight is 260 g/mol. The molecule has 6 heteroatoms. The van der Waals surface area contributed by atoms with Crippen LogP contribution in [0.4, 0.5) is 5.13 Å². The first-order valence-electron chi connectivity index (χ1n) is 5.49. The Morgan fingerprint density at radius 3 is 2.69 bits per heavy atom. The van der Waals surface area contributed by atoms with Crippen LogP contribution in [0.15, 0.2) is 4.34 Å². The van der Waals surface area contributed by atoms with E-state index in [9.17, 15) is 0 Å². The molecule has 0 aliphatic heterocycles. The summed E-state index contributed by atoms with van der Waals surface area (Å²) >= 11 is 3.44. The van der Waals surface area contributed by atoms with E-state index >= 15 is 0 Å². The summed E-state index contributed by atoms with van der Waals surface area (Å²) in [6.45, 7) is 2.06. The van der Waals surface area contributed by atoms with Gasteiger partial charge >= 0.3 is 0 Å². The fraction of sp³-hybridized carbons (Fsp3) is 0.800. The van der Waals surface area contributed by atoms with Crippen molar-refractivity contribution in [1.82, 2.24) is 10.2 Å². The number of thioether (sulfide) groups is 1. The second-order valence-corrected chi connectivity index (χ2v) is 6.36. The molecule has 1 unspecified atom stereocenters. The summed E-state index contributed by atoms with van der Waals surface area (Å²) in [6, 6.07) is 0.326. The summed E-state index contributed by atoms with van der Waals surface area (Å²) in [5.41, 5.74) is 5.69. The first kappa shape index (κ1) is 13.7. The SMILES string of the molecule is CC(N)CCCCSc1nnc(N(C)C)s1. The largest absolute Gasteiger partial charge is 0.353 e. The Morgan fingerprint density at radius 1 is 1.38 bits per heavy atom. The van der Waals surface area contributed by atoms with Gasteiger partial charge in [-0.15, -0.1) is 10.2 Å². The van der Waals surface area contributed by atoms with Crippen LogP contribution in [0.3, 0.4) is 0 Å². The average Bonchev–Trinajstić information content (AvgIpc) is 2.65. The van der Waals surface area contributed by atoms with Crippen LogP contribution in [-0.4, -0.2) is 36.1 Å². The van der Waals surface area contributed by atoms with Gasteiger partial charge in [0.1, 0.15) is 0 Å². The highest BCUT2D eigenvalue weighted by Crippen LogP contribution is 2.27. The van der Waals surface area contributed by atoms with Crippen molar-refractivity contribution in [3.8, 4) is 0 Å². The van der Waals surface area contributed by atoms with Gasteiger partial charge in [-0.25, -0.2) is 0 Å². The zero-order chi connectivity index (χ0) is 12.0. The maximum atomic E-state index is 5.69. The van der Waals surface area contributed by atoms with Crippen LogP contribution in [-0.2, 0) is 0 Å². The zero-order valence-corrected chi connectivity index (χ0v) is 11.8. The fourth-order valence-corrected chi connectivity index (χ4v) is 3.00. The highest BCUT2D eigenvalue weighted by molar-refractivity contribution is 8.01. The molecule has 0 saturated carbocycles. The summed E-state index contributed by atoms with van der Waals surface area (Å²) in [4.78, 5) is 1.98. The molecule has 16 heavy (non-hydrogen) atoms. The summed E-state index contributed by atoms with van der Waals surface area (Å²) < 4.78 is 1.06. The Bertz CT molecular complexity index is 299. The number of hydrogen-bond donors (Lipinski definition) is 1. The number of aromatic nitrogens is 2. The van der Waals surface area contributed by atoms with E-state index in [1.165, 1.54) is 12.8 Å². The smallest absolute Gasteiger partial charge is 0.208 e. The molecule has 0 fully saturated rings. The molecule has 0 bridgehead atoms. The normalized spacial score (nSPS) is 12.8. The van der Waals surface area contributed by atoms with E-state index < -0.39 is 0 Å². The van der Waals surface area contributed by atoms with Gasteiger partial charge in [0.15, 0.2) is 4.34 Å². The number of rotatable bonds is 7. The summed E-state index contributed by atoms with van der Waals surface area (Å²) in [5.74, 6) is 1.11. The van der Waals surface area contributed by atoms with Crippen molar-refractivity contribution < 1.29 is 0 Å². The molecule has 0 amide bonds. The van der Waals surface area contributed by atoms with Crippen LogP contribution in [0.1, 0.15) is 26.2 Å². The number of hydrogen-bond acceptors (Lipinski definition) is 6. The highest BCUT2D eigenvalue weighted by Gasteiger charge is 2.05. The maximum Gasteiger partial charge on any atom is 0.208 e. The molecule has 1 rings (SSSR count). The molecule has 1 aromatic rings. The molecule has 0 aliphatic rings. The van der Waals surface area contributed by atoms with Gasteiger partial charge in [0.2, 0.25) is 5.13 Å². The topological polar surface area (TPSA) is 55.0 Å². The third-order valence-electron chi connectivity index (χ3n) is 2.06. The molecule has 0 spiro atoms. The third kappa shape index (κ3) is 5.14. The minimum absolute atomic E-state index is 0.326. The first-order chi connectivity index (χ1) is 7.59. The van der Waals surface area contributed by atoms with E-state index in [2.05, 4.69) is 17.1 Å². The van der Waals surface area contributed by atoms with Gasteiger partial charge in [-0.1, -0.05) is 29.5 Å². The monoisotopic (exact) mass is 260 g/mol. The second-order valence-electron chi connectivity index (χ2n) is 4.07. The van der Waals surface area contributed by atoms with Gasteiger partial charge in [-0.2, -0.15) is 0 Å². The fourth-order valence-electron chi connectivity index (χ4n) is 1.17. The van der Waals surface area contributed by atoms with E-state index in [0.29, 0.717) is 6.04 Å². The molecule has 1 heterocycles. The number of anilines is 1. The van der Waals surface area contributed by atoms with E-state index in [1.807, 2.05) is 19.0 Å². The van der Waals surface area contributed by atoms with Crippen molar-refractivity contribution in [2.75, 3.05) is 24.7 Å². The van der Waals surface area contributed by atoms with Gasteiger partial charge in [-0.3, -0.25) is 0 Å². The lowest BCUT2D eigenvalue weighted by Gasteiger charge is -2.04. The van der Waals surface area contributed by atoms with Crippen molar-refractivity contribution >= 4 is 28.2 Å². The quantitative estimate of drug-likeness (QED) is 0.602. The molecule has 0 aliphatic carbocycles. The van der Waals surface area contributed by atoms with E-state index in [0.717, 1.165) is 21.6 Å². The van der Waals surface area contributed by atoms with E-state index in [4.69, 9.17) is 5.73 Å². The van der Waals surface area contributed by atoms with Gasteiger partial charge in [0, 0.05) is 25.9 Å². The van der Waals surface area contributed by atoms with Gasteiger partial charge in [0.05, 0.1) is 0 Å². The lowest BCUT2D eigenvalue weighted by Crippen LogP contribution is -2.13. The van der Waals surface area contributed by atoms with Crippen molar-refractivity contribution in [1.29, 1.82) is 0 Å². The maximum absolute atomic E-state index is 5.69. The molecule has 4 nitrogen and oxygen atoms in total. The minimum atomic E-state index is 0.326. The standard InChI is InChI=1S/C10H20N4S2/c1-8(11)6-4-5-7-15-10-13-12-9(16-10)14(2)3/h8H,4-7,11H2,1-3H3. The molecular weight excluding hydrogens is 240 g/mol. The van der Waals surface area contributed by atoms with E-state index in [1.54, 1.807) is 23.1 Å². The second kappa shape index (κ2) is 7.09. The van der Waals surface area contributed by atoms with Gasteiger partial charge < -0.3 is 10.6 Å². The Balaban J connectivity index is 2.17. The van der Waals surface area contributed by atoms with Crippen molar-refractivity contribution in [2.24, 2.45) is 5.73 Å². The molecule has 92 valence electrons. The van der Waals surface area contributed by atoms with E-state index in [-0.39, 0.29) is 0 Å². The zero-order valence-electron chi connectivity index (χ0n) is 10.1. The Hall–Kier alpha value is -0.330. The van der Waals surface area contributed by atoms with Crippen molar-refractivity contribution in [2.45, 2.75) is 36.6 Å². The van der Waals surface area contributed by atoms with Crippen LogP contribution in [0.25, 0.3) is 0 Å². The summed E-state index contributed by atoms with van der Waals surface area (Å²) in [5, 5.41) is 9.20. The van der Waals surface area contributed by atoms with Crippen molar-refractivity contribution in [3.63, 3.8) is 0 Å². The lowest BCUT2D eigenvalue weighted by molar-refractivity contribution is 0.618. The summed E-state index contributed by atoms with van der Waals surface area (Å²) in [7, 11) is 3.97. The van der Waals surface area contributed by atoms with Gasteiger partial charge in [-0.05, 0) is 19.8 Å². The Morgan fingerprint density at radius 2 is 2.12 bits per heavy atom. The van der Waals surface area contributed by atoms with Crippen LogP contribution in [0.5, 0.6) is 0 Å². The lowest BCUT2D eigenvalue weighted by atomic mass is 10.2. The van der Waals surface area contributed by atoms with Crippen molar-refractivity contribution in [3.05, 3.63) is 0 Å². The minimum Gasteiger partial charge on any atom is -0.353 e. The number of nitrogens with two attached hydrogens (primary N) is 1. The van der Waals surface area contributed by atoms with Crippen LogP contribution >= 0.6 is 23.1 Å². The molecule has 1 aromatic heterocycles. The molecule has 2 N–H and O–H groups in total. The molecule has 0 saturated heterocycles. The van der Waals surface area contributed by atoms with Crippen LogP contribution in [0, 0.1) is 0 Å². The summed E-state index contributed by atoms with van der Waals surface area (Å²) in [6.07, 6.45) is 3.51. The number of nitrogens with zero attached hydrogens (tertiary/aromatic N) is 3. The highest BCUT2D eigenvalue weighted by atomic mass is 32.2. The molecular formula is C10H20N4S2. The first-order valence-corrected chi connectivity index (χ1v) is 7.29.